The summed E-state index contributed by atoms with van der Waals surface area (Å²) >= 11 is 0. The Morgan fingerprint density at radius 3 is 2.43 bits per heavy atom. The molecule has 1 fully saturated rings. The lowest BCUT2D eigenvalue weighted by molar-refractivity contribution is -0.384. The van der Waals surface area contributed by atoms with E-state index in [1.807, 2.05) is 12.1 Å². The van der Waals surface area contributed by atoms with Crippen LogP contribution in [-0.4, -0.2) is 63.3 Å². The van der Waals surface area contributed by atoms with Crippen molar-refractivity contribution in [2.75, 3.05) is 43.4 Å². The van der Waals surface area contributed by atoms with Crippen molar-refractivity contribution in [2.45, 2.75) is 32.9 Å². The molecule has 1 amide bonds. The number of hydrogen-bond acceptors (Lipinski definition) is 7. The fraction of sp³-hybridized carbons (Fsp3) is 0.458. The van der Waals surface area contributed by atoms with Gasteiger partial charge in [-0.15, -0.1) is 0 Å². The van der Waals surface area contributed by atoms with Crippen LogP contribution in [0.4, 0.5) is 11.4 Å². The van der Waals surface area contributed by atoms with Crippen LogP contribution < -0.4 is 9.62 Å². The molecular weight excluding hydrogens is 472 g/mol. The van der Waals surface area contributed by atoms with Gasteiger partial charge in [0.1, 0.15) is 0 Å². The summed E-state index contributed by atoms with van der Waals surface area (Å²) in [6.07, 6.45) is 1.46. The minimum atomic E-state index is -3.68. The number of benzene rings is 2. The van der Waals surface area contributed by atoms with Crippen LogP contribution in [0.15, 0.2) is 42.5 Å². The highest BCUT2D eigenvalue weighted by Gasteiger charge is 2.22. The summed E-state index contributed by atoms with van der Waals surface area (Å²) in [6, 6.07) is 12.2. The van der Waals surface area contributed by atoms with Crippen molar-refractivity contribution in [2.24, 2.45) is 0 Å². The molecule has 11 heteroatoms. The third kappa shape index (κ3) is 8.01. The number of nitrogens with one attached hydrogen (secondary N) is 1. The van der Waals surface area contributed by atoms with Crippen LogP contribution in [0.5, 0.6) is 0 Å². The molecule has 1 saturated heterocycles. The van der Waals surface area contributed by atoms with Crippen LogP contribution >= 0.6 is 0 Å². The first-order valence-corrected chi connectivity index (χ1v) is 13.4. The van der Waals surface area contributed by atoms with Gasteiger partial charge in [0.05, 0.1) is 30.1 Å². The molecule has 0 radical (unpaired) electrons. The topological polar surface area (TPSA) is 122 Å². The van der Waals surface area contributed by atoms with E-state index >= 15 is 0 Å². The summed E-state index contributed by atoms with van der Waals surface area (Å²) in [4.78, 5) is 25.2. The number of amides is 1. The number of carbonyl (C=O) groups is 1. The van der Waals surface area contributed by atoms with E-state index in [2.05, 4.69) is 22.3 Å². The molecule has 0 atom stereocenters. The molecule has 0 aromatic heterocycles. The molecule has 0 unspecified atom stereocenters. The number of nitro groups is 1. The van der Waals surface area contributed by atoms with E-state index in [4.69, 9.17) is 4.74 Å². The van der Waals surface area contributed by atoms with E-state index in [9.17, 15) is 23.3 Å². The van der Waals surface area contributed by atoms with Crippen LogP contribution in [0.3, 0.4) is 0 Å². The number of hydrogen-bond donors (Lipinski definition) is 1. The third-order valence-corrected chi connectivity index (χ3v) is 7.04. The SMILES string of the molecule is Cc1ccc([N+](=O)[O-])cc1N(CCCC(=O)NCc1ccc(CN2CCOCC2)cc1)S(C)(=O)=O. The maximum atomic E-state index is 12.4. The van der Waals surface area contributed by atoms with Gasteiger partial charge in [-0.05, 0) is 30.0 Å². The second-order valence-corrected chi connectivity index (χ2v) is 10.6. The molecule has 2 aromatic rings. The van der Waals surface area contributed by atoms with E-state index in [1.165, 1.54) is 23.8 Å². The molecule has 190 valence electrons. The summed E-state index contributed by atoms with van der Waals surface area (Å²) < 4.78 is 31.2. The van der Waals surface area contributed by atoms with Gasteiger partial charge in [-0.1, -0.05) is 30.3 Å². The largest absolute Gasteiger partial charge is 0.379 e. The average molecular weight is 505 g/mol. The molecule has 1 aliphatic heterocycles. The van der Waals surface area contributed by atoms with Gasteiger partial charge in [0.15, 0.2) is 0 Å². The molecule has 1 aliphatic rings. The molecule has 0 spiro atoms. The third-order valence-electron chi connectivity index (χ3n) is 5.86. The molecule has 10 nitrogen and oxygen atoms in total. The van der Waals surface area contributed by atoms with Crippen molar-refractivity contribution in [1.29, 1.82) is 0 Å². The van der Waals surface area contributed by atoms with Crippen LogP contribution in [0.2, 0.25) is 0 Å². The van der Waals surface area contributed by atoms with E-state index in [1.54, 1.807) is 6.92 Å². The van der Waals surface area contributed by atoms with Crippen molar-refractivity contribution in [3.8, 4) is 0 Å². The predicted octanol–water partition coefficient (Wildman–Crippen LogP) is 2.60. The summed E-state index contributed by atoms with van der Waals surface area (Å²) in [5.41, 5.74) is 2.85. The molecule has 35 heavy (non-hydrogen) atoms. The number of nitrogens with zero attached hydrogens (tertiary/aromatic N) is 3. The molecule has 0 saturated carbocycles. The van der Waals surface area contributed by atoms with E-state index in [-0.39, 0.29) is 36.7 Å². The first kappa shape index (κ1) is 26.6. The van der Waals surface area contributed by atoms with Gasteiger partial charge < -0.3 is 10.1 Å². The number of ether oxygens (including phenoxy) is 1. The van der Waals surface area contributed by atoms with Crippen molar-refractivity contribution in [3.63, 3.8) is 0 Å². The Hall–Kier alpha value is -3.02. The number of carbonyl (C=O) groups excluding carboxylic acids is 1. The van der Waals surface area contributed by atoms with Gasteiger partial charge in [0.2, 0.25) is 15.9 Å². The van der Waals surface area contributed by atoms with Gasteiger partial charge >= 0.3 is 0 Å². The van der Waals surface area contributed by atoms with E-state index in [0.29, 0.717) is 12.1 Å². The molecular formula is C24H32N4O6S. The number of morpholine rings is 1. The zero-order valence-electron chi connectivity index (χ0n) is 20.1. The number of sulfonamides is 1. The minimum Gasteiger partial charge on any atom is -0.379 e. The quantitative estimate of drug-likeness (QED) is 0.369. The summed E-state index contributed by atoms with van der Waals surface area (Å²) in [5.74, 6) is -0.188. The molecule has 0 bridgehead atoms. The summed E-state index contributed by atoms with van der Waals surface area (Å²) in [6.45, 7) is 6.37. The molecule has 1 heterocycles. The van der Waals surface area contributed by atoms with Crippen molar-refractivity contribution >= 4 is 27.3 Å². The maximum absolute atomic E-state index is 12.4. The second kappa shape index (κ2) is 12.1. The Morgan fingerprint density at radius 1 is 1.14 bits per heavy atom. The molecule has 0 aliphatic carbocycles. The lowest BCUT2D eigenvalue weighted by Gasteiger charge is -2.26. The zero-order valence-corrected chi connectivity index (χ0v) is 20.9. The standard InChI is InChI=1S/C24H32N4O6S/c1-19-5-10-22(28(30)31)16-23(19)27(35(2,32)33)11-3-4-24(29)25-17-20-6-8-21(9-7-20)18-26-12-14-34-15-13-26/h5-10,16H,3-4,11-15,17-18H2,1-2H3,(H,25,29). The van der Waals surface area contributed by atoms with Crippen LogP contribution in [-0.2, 0) is 32.6 Å². The van der Waals surface area contributed by atoms with Crippen molar-refractivity contribution in [3.05, 3.63) is 69.3 Å². The minimum absolute atomic E-state index is 0.0461. The van der Waals surface area contributed by atoms with E-state index in [0.717, 1.165) is 49.0 Å². The maximum Gasteiger partial charge on any atom is 0.271 e. The Kier molecular flexibility index (Phi) is 9.19. The Balaban J connectivity index is 1.49. The highest BCUT2D eigenvalue weighted by Crippen LogP contribution is 2.27. The van der Waals surface area contributed by atoms with Crippen LogP contribution in [0.25, 0.3) is 0 Å². The monoisotopic (exact) mass is 504 g/mol. The van der Waals surface area contributed by atoms with Gasteiger partial charge in [0, 0.05) is 51.3 Å². The first-order valence-electron chi connectivity index (χ1n) is 11.5. The van der Waals surface area contributed by atoms with Crippen molar-refractivity contribution in [1.82, 2.24) is 10.2 Å². The van der Waals surface area contributed by atoms with Gasteiger partial charge in [-0.25, -0.2) is 8.42 Å². The first-order chi connectivity index (χ1) is 16.6. The highest BCUT2D eigenvalue weighted by molar-refractivity contribution is 7.92. The Bertz CT molecular complexity index is 1130. The second-order valence-electron chi connectivity index (χ2n) is 8.65. The number of anilines is 1. The normalized spacial score (nSPS) is 14.5. The number of rotatable bonds is 11. The highest BCUT2D eigenvalue weighted by atomic mass is 32.2. The van der Waals surface area contributed by atoms with Crippen molar-refractivity contribution < 1.29 is 22.9 Å². The molecule has 2 aromatic carbocycles. The Labute approximate surface area is 206 Å². The van der Waals surface area contributed by atoms with E-state index < -0.39 is 14.9 Å². The smallest absolute Gasteiger partial charge is 0.271 e. The predicted molar refractivity (Wildman–Crippen MR) is 134 cm³/mol. The van der Waals surface area contributed by atoms with Crippen LogP contribution in [0.1, 0.15) is 29.5 Å². The number of nitro benzene ring substituents is 1. The van der Waals surface area contributed by atoms with Gasteiger partial charge in [-0.2, -0.15) is 0 Å². The van der Waals surface area contributed by atoms with Crippen LogP contribution in [0, 0.1) is 17.0 Å². The zero-order chi connectivity index (χ0) is 25.4. The van der Waals surface area contributed by atoms with Gasteiger partial charge in [0.25, 0.3) is 5.69 Å². The lowest BCUT2D eigenvalue weighted by atomic mass is 10.1. The average Bonchev–Trinajstić information content (AvgIpc) is 2.82. The number of non-ortho nitro benzene ring substituents is 1. The summed E-state index contributed by atoms with van der Waals surface area (Å²) in [5, 5.41) is 14.0. The molecule has 1 N–H and O–H groups in total. The number of aryl methyl sites for hydroxylation is 1. The summed E-state index contributed by atoms with van der Waals surface area (Å²) in [7, 11) is -3.68. The lowest BCUT2D eigenvalue weighted by Crippen LogP contribution is -2.35. The fourth-order valence-electron chi connectivity index (χ4n) is 3.90. The fourth-order valence-corrected chi connectivity index (χ4v) is 4.91. The van der Waals surface area contributed by atoms with Gasteiger partial charge in [-0.3, -0.25) is 24.1 Å². The Morgan fingerprint density at radius 2 is 1.80 bits per heavy atom. The molecule has 3 rings (SSSR count).